The molecule has 1 nitrogen and oxygen atoms in total. The van der Waals surface area contributed by atoms with Gasteiger partial charge in [0.05, 0.1) is 0 Å². The zero-order valence-electron chi connectivity index (χ0n) is 10.8. The van der Waals surface area contributed by atoms with E-state index in [-0.39, 0.29) is 0 Å². The van der Waals surface area contributed by atoms with Crippen LogP contribution in [0.4, 0.5) is 0 Å². The maximum absolute atomic E-state index is 6.34. The number of hydrogen-bond donors (Lipinski definition) is 1. The fraction of sp³-hybridized carbons (Fsp3) is 1.00. The minimum atomic E-state index is 0.506. The first-order chi connectivity index (χ1) is 7.84. The van der Waals surface area contributed by atoms with Crippen LogP contribution in [0.2, 0.25) is 0 Å². The molecule has 0 heterocycles. The molecule has 0 radical (unpaired) electrons. The Balaban J connectivity index is 1.66. The Hall–Kier alpha value is -0.0400. The van der Waals surface area contributed by atoms with Gasteiger partial charge in [0.15, 0.2) is 0 Å². The second-order valence-electron chi connectivity index (χ2n) is 6.24. The van der Waals surface area contributed by atoms with E-state index in [0.717, 1.165) is 11.8 Å². The van der Waals surface area contributed by atoms with Gasteiger partial charge in [0.2, 0.25) is 0 Å². The summed E-state index contributed by atoms with van der Waals surface area (Å²) in [5.41, 5.74) is 6.34. The molecule has 1 heteroatoms. The summed E-state index contributed by atoms with van der Waals surface area (Å²) in [5.74, 6) is 1.93. The summed E-state index contributed by atoms with van der Waals surface area (Å²) in [4.78, 5) is 0. The van der Waals surface area contributed by atoms with E-state index in [2.05, 4.69) is 0 Å². The van der Waals surface area contributed by atoms with E-state index in [1.807, 2.05) is 0 Å². The molecule has 0 saturated heterocycles. The van der Waals surface area contributed by atoms with Crippen molar-refractivity contribution >= 4 is 0 Å². The maximum Gasteiger partial charge on any atom is 0.00441 e. The zero-order chi connectivity index (χ0) is 11.2. The van der Waals surface area contributed by atoms with Gasteiger partial charge >= 0.3 is 0 Å². The topological polar surface area (TPSA) is 26.0 Å². The normalized spacial score (nSPS) is 26.8. The second-order valence-corrected chi connectivity index (χ2v) is 6.24. The SMILES string of the molecule is NC(CC1CCCCCC1)CC1CCCC1. The minimum Gasteiger partial charge on any atom is -0.328 e. The molecule has 2 saturated carbocycles. The standard InChI is InChI=1S/C15H29N/c16-15(12-14-9-5-6-10-14)11-13-7-3-1-2-4-8-13/h13-15H,1-12,16H2. The van der Waals surface area contributed by atoms with Gasteiger partial charge in [0.25, 0.3) is 0 Å². The Kier molecular flexibility index (Phi) is 5.15. The summed E-state index contributed by atoms with van der Waals surface area (Å²) in [6.45, 7) is 0. The summed E-state index contributed by atoms with van der Waals surface area (Å²) in [7, 11) is 0. The van der Waals surface area contributed by atoms with Crippen molar-refractivity contribution in [2.45, 2.75) is 83.1 Å². The first-order valence-corrected chi connectivity index (χ1v) is 7.60. The molecule has 2 N–H and O–H groups in total. The second kappa shape index (κ2) is 6.64. The van der Waals surface area contributed by atoms with E-state index in [0.29, 0.717) is 6.04 Å². The van der Waals surface area contributed by atoms with Gasteiger partial charge in [-0.15, -0.1) is 0 Å². The van der Waals surface area contributed by atoms with Crippen LogP contribution < -0.4 is 5.73 Å². The molecule has 16 heavy (non-hydrogen) atoms. The molecule has 0 amide bonds. The van der Waals surface area contributed by atoms with Crippen molar-refractivity contribution in [3.05, 3.63) is 0 Å². The maximum atomic E-state index is 6.34. The molecule has 0 aromatic carbocycles. The Morgan fingerprint density at radius 2 is 1.06 bits per heavy atom. The van der Waals surface area contributed by atoms with Crippen LogP contribution in [-0.4, -0.2) is 6.04 Å². The highest BCUT2D eigenvalue weighted by Gasteiger charge is 2.21. The Morgan fingerprint density at radius 1 is 0.688 bits per heavy atom. The van der Waals surface area contributed by atoms with Gasteiger partial charge in [0.1, 0.15) is 0 Å². The van der Waals surface area contributed by atoms with Crippen LogP contribution in [-0.2, 0) is 0 Å². The molecular weight excluding hydrogens is 194 g/mol. The third-order valence-corrected chi connectivity index (χ3v) is 4.72. The van der Waals surface area contributed by atoms with Gasteiger partial charge in [-0.3, -0.25) is 0 Å². The van der Waals surface area contributed by atoms with Crippen molar-refractivity contribution in [1.82, 2.24) is 0 Å². The molecule has 0 aromatic rings. The van der Waals surface area contributed by atoms with E-state index in [1.165, 1.54) is 77.0 Å². The molecule has 0 aliphatic heterocycles. The van der Waals surface area contributed by atoms with Crippen LogP contribution in [0.1, 0.15) is 77.0 Å². The van der Waals surface area contributed by atoms with Gasteiger partial charge in [-0.05, 0) is 24.7 Å². The van der Waals surface area contributed by atoms with Crippen LogP contribution in [0.15, 0.2) is 0 Å². The van der Waals surface area contributed by atoms with Crippen LogP contribution in [0.25, 0.3) is 0 Å². The molecule has 94 valence electrons. The van der Waals surface area contributed by atoms with Gasteiger partial charge in [-0.25, -0.2) is 0 Å². The van der Waals surface area contributed by atoms with Crippen LogP contribution in [0.3, 0.4) is 0 Å². The van der Waals surface area contributed by atoms with E-state index in [4.69, 9.17) is 5.73 Å². The zero-order valence-corrected chi connectivity index (χ0v) is 10.8. The van der Waals surface area contributed by atoms with Gasteiger partial charge in [0, 0.05) is 6.04 Å². The fourth-order valence-corrected chi connectivity index (χ4v) is 3.80. The van der Waals surface area contributed by atoms with Gasteiger partial charge < -0.3 is 5.73 Å². The first-order valence-electron chi connectivity index (χ1n) is 7.60. The van der Waals surface area contributed by atoms with Crippen molar-refractivity contribution in [2.75, 3.05) is 0 Å². The fourth-order valence-electron chi connectivity index (χ4n) is 3.80. The molecule has 0 bridgehead atoms. The highest BCUT2D eigenvalue weighted by atomic mass is 14.6. The van der Waals surface area contributed by atoms with Crippen LogP contribution in [0, 0.1) is 11.8 Å². The first kappa shape index (κ1) is 12.4. The molecule has 1 unspecified atom stereocenters. The van der Waals surface area contributed by atoms with Gasteiger partial charge in [-0.2, -0.15) is 0 Å². The lowest BCUT2D eigenvalue weighted by atomic mass is 9.88. The van der Waals surface area contributed by atoms with Crippen molar-refractivity contribution in [3.63, 3.8) is 0 Å². The largest absolute Gasteiger partial charge is 0.328 e. The lowest BCUT2D eigenvalue weighted by Gasteiger charge is -2.21. The average molecular weight is 223 g/mol. The van der Waals surface area contributed by atoms with E-state index < -0.39 is 0 Å². The molecule has 0 spiro atoms. The lowest BCUT2D eigenvalue weighted by Crippen LogP contribution is -2.26. The highest BCUT2D eigenvalue weighted by Crippen LogP contribution is 2.31. The highest BCUT2D eigenvalue weighted by molar-refractivity contribution is 4.76. The summed E-state index contributed by atoms with van der Waals surface area (Å²) in [6.07, 6.45) is 17.2. The third-order valence-electron chi connectivity index (χ3n) is 4.72. The number of rotatable bonds is 4. The summed E-state index contributed by atoms with van der Waals surface area (Å²) in [6, 6.07) is 0.506. The quantitative estimate of drug-likeness (QED) is 0.708. The Bertz CT molecular complexity index is 176. The van der Waals surface area contributed by atoms with Crippen LogP contribution in [0.5, 0.6) is 0 Å². The van der Waals surface area contributed by atoms with E-state index in [1.54, 1.807) is 0 Å². The summed E-state index contributed by atoms with van der Waals surface area (Å²) >= 11 is 0. The van der Waals surface area contributed by atoms with Crippen molar-refractivity contribution in [2.24, 2.45) is 17.6 Å². The van der Waals surface area contributed by atoms with E-state index >= 15 is 0 Å². The van der Waals surface area contributed by atoms with Crippen molar-refractivity contribution in [3.8, 4) is 0 Å². The number of nitrogens with two attached hydrogens (primary N) is 1. The monoisotopic (exact) mass is 223 g/mol. The number of hydrogen-bond acceptors (Lipinski definition) is 1. The molecular formula is C15H29N. The molecule has 2 fully saturated rings. The summed E-state index contributed by atoms with van der Waals surface area (Å²) in [5, 5.41) is 0. The third kappa shape index (κ3) is 4.08. The molecule has 2 aliphatic carbocycles. The Labute approximate surface area is 101 Å². The predicted molar refractivity (Wildman–Crippen MR) is 70.4 cm³/mol. The van der Waals surface area contributed by atoms with Crippen LogP contribution >= 0.6 is 0 Å². The molecule has 2 rings (SSSR count). The van der Waals surface area contributed by atoms with Crippen molar-refractivity contribution < 1.29 is 0 Å². The molecule has 0 aromatic heterocycles. The van der Waals surface area contributed by atoms with Crippen molar-refractivity contribution in [1.29, 1.82) is 0 Å². The molecule has 1 atom stereocenters. The lowest BCUT2D eigenvalue weighted by molar-refractivity contribution is 0.344. The van der Waals surface area contributed by atoms with Gasteiger partial charge in [-0.1, -0.05) is 64.2 Å². The average Bonchev–Trinajstić information content (AvgIpc) is 2.62. The Morgan fingerprint density at radius 3 is 1.50 bits per heavy atom. The molecule has 2 aliphatic rings. The predicted octanol–water partition coefficient (Wildman–Crippen LogP) is 4.25. The smallest absolute Gasteiger partial charge is 0.00441 e. The summed E-state index contributed by atoms with van der Waals surface area (Å²) < 4.78 is 0. The van der Waals surface area contributed by atoms with E-state index in [9.17, 15) is 0 Å². The minimum absolute atomic E-state index is 0.506.